The quantitative estimate of drug-likeness (QED) is 0.447. The lowest BCUT2D eigenvalue weighted by Crippen LogP contribution is -2.23. The topological polar surface area (TPSA) is 26.3 Å². The Bertz CT molecular complexity index is 192. The molecule has 0 aromatic carbocycles. The molecular formula is C11H18O2. The smallest absolute Gasteiger partial charge is 0.293 e. The molecule has 2 nitrogen and oxygen atoms in total. The summed E-state index contributed by atoms with van der Waals surface area (Å²) < 4.78 is 4.91. The second-order valence-electron chi connectivity index (χ2n) is 3.69. The predicted octanol–water partition coefficient (Wildman–Crippen LogP) is 2.85. The first-order chi connectivity index (χ1) is 6.02. The molecule has 0 aromatic rings. The van der Waals surface area contributed by atoms with Crippen molar-refractivity contribution in [2.24, 2.45) is 0 Å². The molecule has 0 saturated carbocycles. The monoisotopic (exact) mass is 182 g/mol. The maximum absolute atomic E-state index is 10.1. The minimum Gasteiger partial charge on any atom is -0.462 e. The van der Waals surface area contributed by atoms with Crippen LogP contribution in [0.1, 0.15) is 33.1 Å². The van der Waals surface area contributed by atoms with Crippen molar-refractivity contribution in [2.45, 2.75) is 38.7 Å². The molecule has 2 heteroatoms. The molecule has 0 bridgehead atoms. The van der Waals surface area contributed by atoms with Gasteiger partial charge in [-0.3, -0.25) is 4.79 Å². The first-order valence-corrected chi connectivity index (χ1v) is 4.43. The van der Waals surface area contributed by atoms with Gasteiger partial charge < -0.3 is 4.74 Å². The van der Waals surface area contributed by atoms with E-state index in [0.717, 1.165) is 24.8 Å². The van der Waals surface area contributed by atoms with Gasteiger partial charge in [-0.25, -0.2) is 0 Å². The molecule has 0 amide bonds. The molecule has 0 heterocycles. The van der Waals surface area contributed by atoms with Crippen LogP contribution in [0.4, 0.5) is 0 Å². The molecule has 0 spiro atoms. The Morgan fingerprint density at radius 3 is 2.62 bits per heavy atom. The van der Waals surface area contributed by atoms with E-state index in [2.05, 4.69) is 13.2 Å². The number of allylic oxidation sites excluding steroid dienone is 2. The van der Waals surface area contributed by atoms with E-state index < -0.39 is 0 Å². The summed E-state index contributed by atoms with van der Waals surface area (Å²) in [6, 6.07) is 0. The van der Waals surface area contributed by atoms with Crippen LogP contribution in [0.25, 0.3) is 0 Å². The molecule has 0 aromatic heterocycles. The summed E-state index contributed by atoms with van der Waals surface area (Å²) in [5.74, 6) is 0. The number of rotatable bonds is 7. The van der Waals surface area contributed by atoms with Crippen LogP contribution in [0.3, 0.4) is 0 Å². The van der Waals surface area contributed by atoms with Crippen molar-refractivity contribution in [1.29, 1.82) is 0 Å². The first kappa shape index (κ1) is 11.9. The Kier molecular flexibility index (Phi) is 5.12. The third-order valence-electron chi connectivity index (χ3n) is 1.93. The van der Waals surface area contributed by atoms with Gasteiger partial charge in [0.15, 0.2) is 0 Å². The van der Waals surface area contributed by atoms with Crippen molar-refractivity contribution >= 4 is 6.47 Å². The average Bonchev–Trinajstić information content (AvgIpc) is 2.03. The molecule has 0 unspecified atom stereocenters. The molecule has 0 aliphatic carbocycles. The van der Waals surface area contributed by atoms with Gasteiger partial charge in [0.25, 0.3) is 6.47 Å². The van der Waals surface area contributed by atoms with Gasteiger partial charge in [0.05, 0.1) is 0 Å². The van der Waals surface area contributed by atoms with Gasteiger partial charge in [0.2, 0.25) is 0 Å². The van der Waals surface area contributed by atoms with E-state index in [1.807, 2.05) is 13.8 Å². The first-order valence-electron chi connectivity index (χ1n) is 4.43. The third kappa shape index (κ3) is 6.14. The molecule has 0 fully saturated rings. The number of carbonyl (C=O) groups excluding carboxylic acids is 1. The summed E-state index contributed by atoms with van der Waals surface area (Å²) in [4.78, 5) is 10.1. The van der Waals surface area contributed by atoms with E-state index in [1.54, 1.807) is 6.08 Å². The number of hydrogen-bond donors (Lipinski definition) is 0. The molecular weight excluding hydrogens is 164 g/mol. The highest BCUT2D eigenvalue weighted by atomic mass is 16.5. The molecule has 0 aliphatic heterocycles. The summed E-state index contributed by atoms with van der Waals surface area (Å²) in [6.45, 7) is 11.7. The van der Waals surface area contributed by atoms with Gasteiger partial charge >= 0.3 is 0 Å². The molecule has 0 N–H and O–H groups in total. The summed E-state index contributed by atoms with van der Waals surface area (Å²) >= 11 is 0. The van der Waals surface area contributed by atoms with Crippen LogP contribution in [0.15, 0.2) is 24.8 Å². The Morgan fingerprint density at radius 1 is 1.54 bits per heavy atom. The van der Waals surface area contributed by atoms with Crippen LogP contribution in [0.2, 0.25) is 0 Å². The van der Waals surface area contributed by atoms with Gasteiger partial charge in [-0.2, -0.15) is 0 Å². The normalized spacial score (nSPS) is 10.6. The number of carbonyl (C=O) groups is 1. The standard InChI is InChI=1S/C11H18O2/c1-5-10(2)7-6-8-11(3,4)13-9-12/h5,9H,1-2,6-8H2,3-4H3. The van der Waals surface area contributed by atoms with E-state index in [4.69, 9.17) is 4.74 Å². The second kappa shape index (κ2) is 5.57. The van der Waals surface area contributed by atoms with Crippen molar-refractivity contribution in [3.63, 3.8) is 0 Å². The number of ether oxygens (including phenoxy) is 1. The minimum atomic E-state index is -0.358. The largest absolute Gasteiger partial charge is 0.462 e. The van der Waals surface area contributed by atoms with E-state index in [1.165, 1.54) is 0 Å². The molecule has 0 aliphatic rings. The Labute approximate surface area is 80.3 Å². The fourth-order valence-electron chi connectivity index (χ4n) is 1.03. The van der Waals surface area contributed by atoms with Crippen LogP contribution in [-0.2, 0) is 9.53 Å². The van der Waals surface area contributed by atoms with Crippen LogP contribution in [0.5, 0.6) is 0 Å². The third-order valence-corrected chi connectivity index (χ3v) is 1.93. The van der Waals surface area contributed by atoms with E-state index in [-0.39, 0.29) is 5.60 Å². The molecule has 74 valence electrons. The predicted molar refractivity (Wildman–Crippen MR) is 54.4 cm³/mol. The minimum absolute atomic E-state index is 0.358. The van der Waals surface area contributed by atoms with Crippen molar-refractivity contribution < 1.29 is 9.53 Å². The summed E-state index contributed by atoms with van der Waals surface area (Å²) in [5, 5.41) is 0. The van der Waals surface area contributed by atoms with Gasteiger partial charge in [0, 0.05) is 0 Å². The lowest BCUT2D eigenvalue weighted by molar-refractivity contribution is -0.140. The van der Waals surface area contributed by atoms with Crippen LogP contribution in [0, 0.1) is 0 Å². The molecule has 0 radical (unpaired) electrons. The molecule has 0 saturated heterocycles. The Balaban J connectivity index is 3.68. The molecule has 13 heavy (non-hydrogen) atoms. The van der Waals surface area contributed by atoms with Crippen LogP contribution < -0.4 is 0 Å². The zero-order chi connectivity index (χ0) is 10.3. The van der Waals surface area contributed by atoms with Crippen molar-refractivity contribution in [3.05, 3.63) is 24.8 Å². The van der Waals surface area contributed by atoms with E-state index in [9.17, 15) is 4.79 Å². The van der Waals surface area contributed by atoms with Gasteiger partial charge in [0.1, 0.15) is 5.60 Å². The number of hydrogen-bond acceptors (Lipinski definition) is 2. The summed E-state index contributed by atoms with van der Waals surface area (Å²) in [7, 11) is 0. The second-order valence-corrected chi connectivity index (χ2v) is 3.69. The fraction of sp³-hybridized carbons (Fsp3) is 0.545. The fourth-order valence-corrected chi connectivity index (χ4v) is 1.03. The van der Waals surface area contributed by atoms with E-state index >= 15 is 0 Å². The molecule has 0 atom stereocenters. The van der Waals surface area contributed by atoms with Crippen molar-refractivity contribution in [2.75, 3.05) is 0 Å². The summed E-state index contributed by atoms with van der Waals surface area (Å²) in [5.41, 5.74) is 0.672. The van der Waals surface area contributed by atoms with Gasteiger partial charge in [-0.05, 0) is 33.1 Å². The lowest BCUT2D eigenvalue weighted by Gasteiger charge is -2.22. The Morgan fingerprint density at radius 2 is 2.15 bits per heavy atom. The highest BCUT2D eigenvalue weighted by Crippen LogP contribution is 2.18. The van der Waals surface area contributed by atoms with Gasteiger partial charge in [-0.1, -0.05) is 24.8 Å². The van der Waals surface area contributed by atoms with Crippen LogP contribution >= 0.6 is 0 Å². The maximum Gasteiger partial charge on any atom is 0.293 e. The van der Waals surface area contributed by atoms with Gasteiger partial charge in [-0.15, -0.1) is 0 Å². The van der Waals surface area contributed by atoms with Crippen molar-refractivity contribution in [1.82, 2.24) is 0 Å². The zero-order valence-corrected chi connectivity index (χ0v) is 8.51. The van der Waals surface area contributed by atoms with E-state index in [0.29, 0.717) is 6.47 Å². The van der Waals surface area contributed by atoms with Crippen molar-refractivity contribution in [3.8, 4) is 0 Å². The highest BCUT2D eigenvalue weighted by molar-refractivity contribution is 5.38. The van der Waals surface area contributed by atoms with Crippen LogP contribution in [-0.4, -0.2) is 12.1 Å². The summed E-state index contributed by atoms with van der Waals surface area (Å²) in [6.07, 6.45) is 4.48. The highest BCUT2D eigenvalue weighted by Gasteiger charge is 2.17. The lowest BCUT2D eigenvalue weighted by atomic mass is 9.99. The maximum atomic E-state index is 10.1. The zero-order valence-electron chi connectivity index (χ0n) is 8.51. The Hall–Kier alpha value is -1.05. The SMILES string of the molecule is C=CC(=C)CCCC(C)(C)OC=O. The average molecular weight is 182 g/mol. The molecule has 0 rings (SSSR count).